The highest BCUT2D eigenvalue weighted by molar-refractivity contribution is 7.21. The van der Waals surface area contributed by atoms with Crippen LogP contribution >= 0.6 is 11.3 Å². The van der Waals surface area contributed by atoms with Gasteiger partial charge in [-0.15, -0.1) is 11.3 Å². The van der Waals surface area contributed by atoms with Gasteiger partial charge in [-0.25, -0.2) is 9.97 Å². The highest BCUT2D eigenvalue weighted by Gasteiger charge is 2.23. The van der Waals surface area contributed by atoms with Gasteiger partial charge >= 0.3 is 0 Å². The van der Waals surface area contributed by atoms with Crippen molar-refractivity contribution < 1.29 is 4.74 Å². The smallest absolute Gasteiger partial charge is 0.140 e. The van der Waals surface area contributed by atoms with Crippen LogP contribution in [0.5, 0.6) is 0 Å². The predicted octanol–water partition coefficient (Wildman–Crippen LogP) is 4.61. The lowest BCUT2D eigenvalue weighted by molar-refractivity contribution is 0.104. The van der Waals surface area contributed by atoms with Gasteiger partial charge in [-0.1, -0.05) is 30.3 Å². The fourth-order valence-corrected chi connectivity index (χ4v) is 4.52. The lowest BCUT2D eigenvalue weighted by Crippen LogP contribution is -2.37. The van der Waals surface area contributed by atoms with Gasteiger partial charge < -0.3 is 9.64 Å². The molecule has 1 saturated heterocycles. The molecular formula is C20H23N3OS. The van der Waals surface area contributed by atoms with Crippen LogP contribution in [0.25, 0.3) is 20.7 Å². The summed E-state index contributed by atoms with van der Waals surface area (Å²) in [5.74, 6) is 1.66. The number of nitrogens with zero attached hydrogens (tertiary/aromatic N) is 3. The molecule has 0 aliphatic carbocycles. The van der Waals surface area contributed by atoms with Gasteiger partial charge in [-0.3, -0.25) is 0 Å². The maximum absolute atomic E-state index is 5.65. The molecule has 3 heterocycles. The monoisotopic (exact) mass is 353 g/mol. The van der Waals surface area contributed by atoms with E-state index in [1.807, 2.05) is 6.07 Å². The minimum Gasteiger partial charge on any atom is -0.381 e. The zero-order valence-electron chi connectivity index (χ0n) is 14.5. The first-order valence-corrected chi connectivity index (χ1v) is 9.79. The normalized spacial score (nSPS) is 18.0. The SMILES string of the molecule is CCOCC1CCCN(c2ncnc3sc(-c4ccccc4)cc23)C1. The Morgan fingerprint density at radius 3 is 2.96 bits per heavy atom. The quantitative estimate of drug-likeness (QED) is 0.671. The summed E-state index contributed by atoms with van der Waals surface area (Å²) in [6.07, 6.45) is 4.14. The van der Waals surface area contributed by atoms with Gasteiger partial charge in [0.25, 0.3) is 0 Å². The average Bonchev–Trinajstić information content (AvgIpc) is 3.11. The van der Waals surface area contributed by atoms with Crippen molar-refractivity contribution in [3.05, 3.63) is 42.7 Å². The average molecular weight is 353 g/mol. The van der Waals surface area contributed by atoms with E-state index in [9.17, 15) is 0 Å². The van der Waals surface area contributed by atoms with E-state index in [1.165, 1.54) is 28.7 Å². The number of thiophene rings is 1. The molecule has 1 atom stereocenters. The molecule has 0 N–H and O–H groups in total. The van der Waals surface area contributed by atoms with Crippen LogP contribution in [-0.4, -0.2) is 36.3 Å². The highest BCUT2D eigenvalue weighted by Crippen LogP contribution is 2.37. The molecule has 1 fully saturated rings. The van der Waals surface area contributed by atoms with Crippen LogP contribution in [0, 0.1) is 5.92 Å². The summed E-state index contributed by atoms with van der Waals surface area (Å²) in [6, 6.07) is 12.8. The Labute approximate surface area is 152 Å². The molecule has 5 heteroatoms. The summed E-state index contributed by atoms with van der Waals surface area (Å²) >= 11 is 1.74. The molecule has 1 aromatic carbocycles. The van der Waals surface area contributed by atoms with Gasteiger partial charge in [0, 0.05) is 24.6 Å². The van der Waals surface area contributed by atoms with Gasteiger partial charge in [0.2, 0.25) is 0 Å². The van der Waals surface area contributed by atoms with E-state index in [2.05, 4.69) is 52.1 Å². The molecule has 1 unspecified atom stereocenters. The molecule has 0 bridgehead atoms. The molecule has 1 aliphatic rings. The Morgan fingerprint density at radius 1 is 1.24 bits per heavy atom. The number of ether oxygens (including phenoxy) is 1. The number of fused-ring (bicyclic) bond motifs is 1. The standard InChI is InChI=1S/C20H23N3OS/c1-2-24-13-15-7-6-10-23(12-15)19-17-11-18(16-8-4-3-5-9-16)25-20(17)22-14-21-19/h3-5,8-9,11,14-15H,2,6-7,10,12-13H2,1H3. The van der Waals surface area contributed by atoms with E-state index in [4.69, 9.17) is 4.74 Å². The molecule has 0 amide bonds. The third-order valence-corrected chi connectivity index (χ3v) is 5.84. The van der Waals surface area contributed by atoms with Crippen LogP contribution in [0.1, 0.15) is 19.8 Å². The first-order chi connectivity index (χ1) is 12.3. The van der Waals surface area contributed by atoms with Crippen molar-refractivity contribution in [3.8, 4) is 10.4 Å². The Morgan fingerprint density at radius 2 is 2.12 bits per heavy atom. The number of hydrogen-bond donors (Lipinski definition) is 0. The second kappa shape index (κ2) is 7.50. The van der Waals surface area contributed by atoms with Gasteiger partial charge in [0.15, 0.2) is 0 Å². The lowest BCUT2D eigenvalue weighted by atomic mass is 9.99. The summed E-state index contributed by atoms with van der Waals surface area (Å²) in [5.41, 5.74) is 1.24. The van der Waals surface area contributed by atoms with Crippen molar-refractivity contribution >= 4 is 27.4 Å². The third kappa shape index (κ3) is 3.53. The highest BCUT2D eigenvalue weighted by atomic mass is 32.1. The van der Waals surface area contributed by atoms with Crippen LogP contribution in [-0.2, 0) is 4.74 Å². The molecule has 3 aromatic rings. The van der Waals surface area contributed by atoms with E-state index in [0.29, 0.717) is 5.92 Å². The summed E-state index contributed by atoms with van der Waals surface area (Å²) in [6.45, 7) is 5.78. The van der Waals surface area contributed by atoms with E-state index in [0.717, 1.165) is 37.0 Å². The molecule has 130 valence electrons. The van der Waals surface area contributed by atoms with Crippen molar-refractivity contribution in [1.29, 1.82) is 0 Å². The predicted molar refractivity (Wildman–Crippen MR) is 104 cm³/mol. The molecule has 1 aliphatic heterocycles. The first-order valence-electron chi connectivity index (χ1n) is 8.98. The first kappa shape index (κ1) is 16.5. The van der Waals surface area contributed by atoms with Crippen molar-refractivity contribution in [1.82, 2.24) is 9.97 Å². The van der Waals surface area contributed by atoms with Crippen molar-refractivity contribution in [2.24, 2.45) is 5.92 Å². The summed E-state index contributed by atoms with van der Waals surface area (Å²) < 4.78 is 5.65. The summed E-state index contributed by atoms with van der Waals surface area (Å²) in [7, 11) is 0. The lowest BCUT2D eigenvalue weighted by Gasteiger charge is -2.33. The van der Waals surface area contributed by atoms with Crippen LogP contribution in [0.15, 0.2) is 42.7 Å². The number of piperidine rings is 1. The summed E-state index contributed by atoms with van der Waals surface area (Å²) in [5, 5.41) is 1.17. The Balaban J connectivity index is 1.64. The van der Waals surface area contributed by atoms with E-state index in [1.54, 1.807) is 17.7 Å². The second-order valence-electron chi connectivity index (χ2n) is 6.51. The van der Waals surface area contributed by atoms with Gasteiger partial charge in [-0.05, 0) is 37.3 Å². The van der Waals surface area contributed by atoms with Gasteiger partial charge in [0.1, 0.15) is 17.0 Å². The van der Waals surface area contributed by atoms with Crippen LogP contribution < -0.4 is 4.90 Å². The maximum atomic E-state index is 5.65. The second-order valence-corrected chi connectivity index (χ2v) is 7.54. The van der Waals surface area contributed by atoms with E-state index >= 15 is 0 Å². The van der Waals surface area contributed by atoms with E-state index in [-0.39, 0.29) is 0 Å². The number of hydrogen-bond acceptors (Lipinski definition) is 5. The van der Waals surface area contributed by atoms with Crippen molar-refractivity contribution in [3.63, 3.8) is 0 Å². The van der Waals surface area contributed by atoms with E-state index < -0.39 is 0 Å². The molecule has 2 aromatic heterocycles. The fourth-order valence-electron chi connectivity index (χ4n) is 3.52. The van der Waals surface area contributed by atoms with Crippen LogP contribution in [0.2, 0.25) is 0 Å². The molecule has 4 nitrogen and oxygen atoms in total. The fraction of sp³-hybridized carbons (Fsp3) is 0.400. The van der Waals surface area contributed by atoms with Crippen molar-refractivity contribution in [2.45, 2.75) is 19.8 Å². The van der Waals surface area contributed by atoms with Gasteiger partial charge in [-0.2, -0.15) is 0 Å². The minimum atomic E-state index is 0.589. The number of aromatic nitrogens is 2. The van der Waals surface area contributed by atoms with Crippen molar-refractivity contribution in [2.75, 3.05) is 31.2 Å². The third-order valence-electron chi connectivity index (χ3n) is 4.74. The Bertz CT molecular complexity index is 833. The number of benzene rings is 1. The molecule has 25 heavy (non-hydrogen) atoms. The molecule has 4 rings (SSSR count). The van der Waals surface area contributed by atoms with Crippen LogP contribution in [0.4, 0.5) is 5.82 Å². The topological polar surface area (TPSA) is 38.2 Å². The largest absolute Gasteiger partial charge is 0.381 e. The zero-order valence-corrected chi connectivity index (χ0v) is 15.3. The van der Waals surface area contributed by atoms with Gasteiger partial charge in [0.05, 0.1) is 12.0 Å². The molecule has 0 saturated carbocycles. The molecular weight excluding hydrogens is 330 g/mol. The maximum Gasteiger partial charge on any atom is 0.140 e. The summed E-state index contributed by atoms with van der Waals surface area (Å²) in [4.78, 5) is 13.9. The van der Waals surface area contributed by atoms with Crippen LogP contribution in [0.3, 0.4) is 0 Å². The molecule has 0 spiro atoms. The number of rotatable bonds is 5. The number of anilines is 1. The Kier molecular flexibility index (Phi) is 4.95. The molecule has 0 radical (unpaired) electrons. The Hall–Kier alpha value is -1.98. The minimum absolute atomic E-state index is 0.589. The zero-order chi connectivity index (χ0) is 17.1.